The molecule has 1 nitrogen and oxygen atoms in total. The highest BCUT2D eigenvalue weighted by Crippen LogP contribution is 2.31. The van der Waals surface area contributed by atoms with Crippen LogP contribution in [0.4, 0.5) is 0 Å². The fourth-order valence-electron chi connectivity index (χ4n) is 2.19. The van der Waals surface area contributed by atoms with Crippen molar-refractivity contribution in [2.45, 2.75) is 41.0 Å². The predicted molar refractivity (Wildman–Crippen MR) is 85.8 cm³/mol. The van der Waals surface area contributed by atoms with Gasteiger partial charge in [0.2, 0.25) is 0 Å². The van der Waals surface area contributed by atoms with Crippen LogP contribution in [0.3, 0.4) is 0 Å². The van der Waals surface area contributed by atoms with Gasteiger partial charge in [0.25, 0.3) is 0 Å². The van der Waals surface area contributed by atoms with Gasteiger partial charge in [0.1, 0.15) is 0 Å². The number of halogens is 1. The predicted octanol–water partition coefficient (Wildman–Crippen LogP) is 4.79. The second-order valence-electron chi connectivity index (χ2n) is 6.64. The van der Waals surface area contributed by atoms with Gasteiger partial charge in [-0.2, -0.15) is 0 Å². The summed E-state index contributed by atoms with van der Waals surface area (Å²) in [5.41, 5.74) is 1.65. The summed E-state index contributed by atoms with van der Waals surface area (Å²) in [6.07, 6.45) is 1.09. The first-order valence-electron chi connectivity index (χ1n) is 7.28. The summed E-state index contributed by atoms with van der Waals surface area (Å²) in [6, 6.07) is 8.26. The zero-order chi connectivity index (χ0) is 14.5. The fraction of sp³-hybridized carbons (Fsp3) is 0.647. The second kappa shape index (κ2) is 7.31. The van der Waals surface area contributed by atoms with Gasteiger partial charge in [-0.1, -0.05) is 58.4 Å². The largest absolute Gasteiger partial charge is 0.316 e. The van der Waals surface area contributed by atoms with E-state index < -0.39 is 0 Å². The zero-order valence-electron chi connectivity index (χ0n) is 13.0. The molecule has 108 valence electrons. The molecule has 1 atom stereocenters. The van der Waals surface area contributed by atoms with Crippen molar-refractivity contribution < 1.29 is 0 Å². The Morgan fingerprint density at radius 1 is 1.11 bits per heavy atom. The number of nitrogens with one attached hydrogen (secondary N) is 1. The Hall–Kier alpha value is -0.530. The average molecular weight is 282 g/mol. The maximum Gasteiger partial charge on any atom is 0.0406 e. The third-order valence-corrected chi connectivity index (χ3v) is 4.25. The van der Waals surface area contributed by atoms with Crippen molar-refractivity contribution >= 4 is 11.6 Å². The van der Waals surface area contributed by atoms with E-state index in [1.807, 2.05) is 12.1 Å². The molecule has 0 bridgehead atoms. The Balaban J connectivity index is 2.67. The molecule has 0 aromatic heterocycles. The molecule has 0 aliphatic heterocycles. The van der Waals surface area contributed by atoms with Crippen LogP contribution >= 0.6 is 11.6 Å². The van der Waals surface area contributed by atoms with Crippen molar-refractivity contribution in [1.82, 2.24) is 5.32 Å². The topological polar surface area (TPSA) is 12.0 Å². The highest BCUT2D eigenvalue weighted by Gasteiger charge is 2.28. The van der Waals surface area contributed by atoms with Crippen molar-refractivity contribution in [2.75, 3.05) is 13.1 Å². The van der Waals surface area contributed by atoms with Crippen LogP contribution in [0.2, 0.25) is 5.02 Å². The normalized spacial score (nSPS) is 14.9. The van der Waals surface area contributed by atoms with Crippen LogP contribution in [0.25, 0.3) is 0 Å². The molecule has 0 saturated heterocycles. The summed E-state index contributed by atoms with van der Waals surface area (Å²) in [4.78, 5) is 0. The number of hydrogen-bond acceptors (Lipinski definition) is 1. The highest BCUT2D eigenvalue weighted by atomic mass is 35.5. The third kappa shape index (κ3) is 5.54. The molecule has 0 saturated carbocycles. The summed E-state index contributed by atoms with van der Waals surface area (Å²) in [6.45, 7) is 13.6. The number of hydrogen-bond donors (Lipinski definition) is 1. The summed E-state index contributed by atoms with van der Waals surface area (Å²) < 4.78 is 0. The maximum absolute atomic E-state index is 5.95. The van der Waals surface area contributed by atoms with Crippen LogP contribution in [0.5, 0.6) is 0 Å². The van der Waals surface area contributed by atoms with Gasteiger partial charge in [0.15, 0.2) is 0 Å². The molecule has 19 heavy (non-hydrogen) atoms. The monoisotopic (exact) mass is 281 g/mol. The van der Waals surface area contributed by atoms with E-state index >= 15 is 0 Å². The Bertz CT molecular complexity index is 369. The van der Waals surface area contributed by atoms with Crippen molar-refractivity contribution in [3.63, 3.8) is 0 Å². The zero-order valence-corrected chi connectivity index (χ0v) is 13.7. The van der Waals surface area contributed by atoms with E-state index in [4.69, 9.17) is 11.6 Å². The molecule has 0 fully saturated rings. The molecule has 0 amide bonds. The van der Waals surface area contributed by atoms with Crippen molar-refractivity contribution in [1.29, 1.82) is 0 Å². The number of benzene rings is 1. The molecular formula is C17H28ClN. The molecule has 0 aliphatic carbocycles. The lowest BCUT2D eigenvalue weighted by atomic mass is 9.74. The molecule has 0 spiro atoms. The lowest BCUT2D eigenvalue weighted by Gasteiger charge is -2.35. The van der Waals surface area contributed by atoms with Crippen LogP contribution in [0.1, 0.15) is 40.2 Å². The Morgan fingerprint density at radius 3 is 2.16 bits per heavy atom. The standard InChI is InChI=1S/C17H28ClN/c1-13(2)11-19-12-17(5,14(3)4)10-15-6-8-16(18)9-7-15/h6-9,13-14,19H,10-12H2,1-5H3. The number of rotatable bonds is 7. The molecule has 1 aromatic carbocycles. The average Bonchev–Trinajstić information content (AvgIpc) is 2.31. The second-order valence-corrected chi connectivity index (χ2v) is 7.07. The molecule has 1 N–H and O–H groups in total. The van der Waals surface area contributed by atoms with Crippen LogP contribution < -0.4 is 5.32 Å². The minimum absolute atomic E-state index is 0.280. The van der Waals surface area contributed by atoms with Gasteiger partial charge in [-0.3, -0.25) is 0 Å². The van der Waals surface area contributed by atoms with Gasteiger partial charge < -0.3 is 5.32 Å². The third-order valence-electron chi connectivity index (χ3n) is 4.00. The first kappa shape index (κ1) is 16.5. The van der Waals surface area contributed by atoms with Crippen LogP contribution in [0, 0.1) is 17.3 Å². The maximum atomic E-state index is 5.95. The van der Waals surface area contributed by atoms with E-state index in [2.05, 4.69) is 52.1 Å². The van der Waals surface area contributed by atoms with Gasteiger partial charge in [0.05, 0.1) is 0 Å². The summed E-state index contributed by atoms with van der Waals surface area (Å²) >= 11 is 5.95. The van der Waals surface area contributed by atoms with Crippen LogP contribution in [-0.2, 0) is 6.42 Å². The van der Waals surface area contributed by atoms with Gasteiger partial charge in [0, 0.05) is 11.6 Å². The minimum atomic E-state index is 0.280. The first-order chi connectivity index (χ1) is 8.83. The Kier molecular flexibility index (Phi) is 6.35. The lowest BCUT2D eigenvalue weighted by Crippen LogP contribution is -2.39. The van der Waals surface area contributed by atoms with Crippen molar-refractivity contribution in [3.05, 3.63) is 34.9 Å². The molecule has 2 heteroatoms. The van der Waals surface area contributed by atoms with Gasteiger partial charge in [-0.15, -0.1) is 0 Å². The van der Waals surface area contributed by atoms with Crippen LogP contribution in [-0.4, -0.2) is 13.1 Å². The summed E-state index contributed by atoms with van der Waals surface area (Å²) in [5, 5.41) is 4.43. The highest BCUT2D eigenvalue weighted by molar-refractivity contribution is 6.30. The van der Waals surface area contributed by atoms with Crippen LogP contribution in [0.15, 0.2) is 24.3 Å². The summed E-state index contributed by atoms with van der Waals surface area (Å²) in [7, 11) is 0. The molecule has 0 radical (unpaired) electrons. The van der Waals surface area contributed by atoms with Crippen molar-refractivity contribution in [3.8, 4) is 0 Å². The molecule has 1 rings (SSSR count). The Labute approximate surface area is 123 Å². The van der Waals surface area contributed by atoms with E-state index in [-0.39, 0.29) is 5.41 Å². The van der Waals surface area contributed by atoms with Gasteiger partial charge in [-0.05, 0) is 47.9 Å². The summed E-state index contributed by atoms with van der Waals surface area (Å²) in [5.74, 6) is 1.34. The van der Waals surface area contributed by atoms with E-state index in [0.29, 0.717) is 11.8 Å². The molecule has 0 aliphatic rings. The van der Waals surface area contributed by atoms with E-state index in [1.54, 1.807) is 0 Å². The van der Waals surface area contributed by atoms with Gasteiger partial charge >= 0.3 is 0 Å². The minimum Gasteiger partial charge on any atom is -0.316 e. The quantitative estimate of drug-likeness (QED) is 0.758. The molecule has 1 aromatic rings. The molecule has 1 unspecified atom stereocenters. The lowest BCUT2D eigenvalue weighted by molar-refractivity contribution is 0.205. The fourth-order valence-corrected chi connectivity index (χ4v) is 2.31. The van der Waals surface area contributed by atoms with E-state index in [9.17, 15) is 0 Å². The SMILES string of the molecule is CC(C)CNCC(C)(Cc1ccc(Cl)cc1)C(C)C. The molecule has 0 heterocycles. The van der Waals surface area contributed by atoms with E-state index in [0.717, 1.165) is 24.5 Å². The Morgan fingerprint density at radius 2 is 1.68 bits per heavy atom. The van der Waals surface area contributed by atoms with Crippen molar-refractivity contribution in [2.24, 2.45) is 17.3 Å². The molecular weight excluding hydrogens is 254 g/mol. The first-order valence-corrected chi connectivity index (χ1v) is 7.66. The van der Waals surface area contributed by atoms with E-state index in [1.165, 1.54) is 5.56 Å². The van der Waals surface area contributed by atoms with Gasteiger partial charge in [-0.25, -0.2) is 0 Å². The smallest absolute Gasteiger partial charge is 0.0406 e.